The van der Waals surface area contributed by atoms with Gasteiger partial charge in [0.25, 0.3) is 5.91 Å². The lowest BCUT2D eigenvalue weighted by atomic mass is 9.87. The Morgan fingerprint density at radius 1 is 0.811 bits per heavy atom. The molecule has 192 valence electrons. The highest BCUT2D eigenvalue weighted by Gasteiger charge is 2.14. The summed E-state index contributed by atoms with van der Waals surface area (Å²) in [5.41, 5.74) is 3.86. The average molecular weight is 518 g/mol. The lowest BCUT2D eigenvalue weighted by molar-refractivity contribution is -0.115. The molecule has 0 fully saturated rings. The Morgan fingerprint density at radius 3 is 1.97 bits per heavy atom. The molecule has 0 atom stereocenters. The van der Waals surface area contributed by atoms with Crippen LogP contribution in [0.4, 0.5) is 11.4 Å². The van der Waals surface area contributed by atoms with Gasteiger partial charge in [0.2, 0.25) is 5.91 Å². The number of carbonyl (C=O) groups excluding carboxylic acids is 2. The van der Waals surface area contributed by atoms with Crippen molar-refractivity contribution in [2.75, 3.05) is 24.9 Å². The first-order valence-corrected chi connectivity index (χ1v) is 12.0. The molecule has 0 saturated heterocycles. The van der Waals surface area contributed by atoms with Crippen LogP contribution in [0, 0.1) is 0 Å². The van der Waals surface area contributed by atoms with E-state index in [0.29, 0.717) is 28.4 Å². The molecule has 7 nitrogen and oxygen atoms in total. The number of ether oxygens (including phenoxy) is 2. The number of benzene rings is 3. The lowest BCUT2D eigenvalue weighted by Gasteiger charge is -2.19. The molecule has 0 spiro atoms. The predicted molar refractivity (Wildman–Crippen MR) is 152 cm³/mol. The summed E-state index contributed by atoms with van der Waals surface area (Å²) in [4.78, 5) is 24.8. The van der Waals surface area contributed by atoms with Gasteiger partial charge in [-0.15, -0.1) is 0 Å². The van der Waals surface area contributed by atoms with Gasteiger partial charge >= 0.3 is 0 Å². The Morgan fingerprint density at radius 2 is 1.41 bits per heavy atom. The van der Waals surface area contributed by atoms with Gasteiger partial charge in [0, 0.05) is 23.0 Å². The smallest absolute Gasteiger partial charge is 0.255 e. The second-order valence-electron chi connectivity index (χ2n) is 9.25. The Balaban J connectivity index is 1.51. The van der Waals surface area contributed by atoms with Crippen molar-refractivity contribution in [2.24, 2.45) is 0 Å². The van der Waals surface area contributed by atoms with Gasteiger partial charge in [0.05, 0.1) is 14.2 Å². The average Bonchev–Trinajstić information content (AvgIpc) is 2.87. The van der Waals surface area contributed by atoms with Crippen LogP contribution in [0.5, 0.6) is 11.5 Å². The van der Waals surface area contributed by atoms with Gasteiger partial charge in [-0.25, -0.2) is 0 Å². The molecule has 0 radical (unpaired) electrons. The van der Waals surface area contributed by atoms with Crippen LogP contribution in [-0.4, -0.2) is 31.1 Å². The standard InChI is InChI=1S/C29H31N3O4S/c1-29(2,3)21-10-8-20(9-11-21)27(34)30-22-12-14-23(15-13-22)31-28(37)32-26(33)17-7-19-6-16-24(35-4)25(18-19)36-5/h6-18H,1-5H3,(H,30,34)(H2,31,32,33,37)/b17-7+. The van der Waals surface area contributed by atoms with Crippen molar-refractivity contribution in [3.8, 4) is 11.5 Å². The molecule has 0 unspecified atom stereocenters. The number of hydrogen-bond donors (Lipinski definition) is 3. The topological polar surface area (TPSA) is 88.7 Å². The van der Waals surface area contributed by atoms with E-state index in [4.69, 9.17) is 21.7 Å². The van der Waals surface area contributed by atoms with E-state index < -0.39 is 0 Å². The molecule has 0 aliphatic rings. The Labute approximate surface area is 222 Å². The van der Waals surface area contributed by atoms with E-state index in [-0.39, 0.29) is 22.3 Å². The summed E-state index contributed by atoms with van der Waals surface area (Å²) in [6, 6.07) is 20.0. The third-order valence-electron chi connectivity index (χ3n) is 5.49. The Bertz CT molecular complexity index is 1290. The van der Waals surface area contributed by atoms with Gasteiger partial charge < -0.3 is 20.1 Å². The first-order valence-electron chi connectivity index (χ1n) is 11.6. The van der Waals surface area contributed by atoms with E-state index in [0.717, 1.165) is 5.56 Å². The molecule has 37 heavy (non-hydrogen) atoms. The number of carbonyl (C=O) groups is 2. The summed E-state index contributed by atoms with van der Waals surface area (Å²) < 4.78 is 10.5. The summed E-state index contributed by atoms with van der Waals surface area (Å²) in [5, 5.41) is 8.59. The minimum Gasteiger partial charge on any atom is -0.493 e. The van der Waals surface area contributed by atoms with E-state index in [9.17, 15) is 9.59 Å². The first-order chi connectivity index (χ1) is 17.6. The molecular weight excluding hydrogens is 486 g/mol. The van der Waals surface area contributed by atoms with Crippen molar-refractivity contribution in [3.05, 3.63) is 89.5 Å². The molecule has 0 saturated carbocycles. The van der Waals surface area contributed by atoms with Crippen molar-refractivity contribution in [1.82, 2.24) is 5.32 Å². The third-order valence-corrected chi connectivity index (χ3v) is 5.69. The number of hydrogen-bond acceptors (Lipinski definition) is 5. The quantitative estimate of drug-likeness (QED) is 0.272. The highest BCUT2D eigenvalue weighted by Crippen LogP contribution is 2.28. The first kappa shape index (κ1) is 27.4. The second-order valence-corrected chi connectivity index (χ2v) is 9.66. The molecule has 0 aliphatic carbocycles. The second kappa shape index (κ2) is 12.2. The zero-order chi connectivity index (χ0) is 27.0. The summed E-state index contributed by atoms with van der Waals surface area (Å²) in [6.07, 6.45) is 3.02. The van der Waals surface area contributed by atoms with E-state index in [2.05, 4.69) is 36.7 Å². The third kappa shape index (κ3) is 7.91. The van der Waals surface area contributed by atoms with Crippen LogP contribution in [0.3, 0.4) is 0 Å². The normalized spacial score (nSPS) is 11.1. The lowest BCUT2D eigenvalue weighted by Crippen LogP contribution is -2.32. The largest absolute Gasteiger partial charge is 0.493 e. The van der Waals surface area contributed by atoms with Gasteiger partial charge in [0.15, 0.2) is 16.6 Å². The minimum absolute atomic E-state index is 0.0266. The number of methoxy groups -OCH3 is 2. The zero-order valence-corrected chi connectivity index (χ0v) is 22.4. The molecule has 0 heterocycles. The van der Waals surface area contributed by atoms with Crippen LogP contribution in [0.15, 0.2) is 72.8 Å². The molecule has 3 aromatic carbocycles. The number of thiocarbonyl (C=S) groups is 1. The van der Waals surface area contributed by atoms with Gasteiger partial charge in [-0.3, -0.25) is 14.9 Å². The van der Waals surface area contributed by atoms with Gasteiger partial charge in [-0.2, -0.15) is 0 Å². The van der Waals surface area contributed by atoms with Gasteiger partial charge in [-0.05, 0) is 83.4 Å². The van der Waals surface area contributed by atoms with Crippen molar-refractivity contribution in [2.45, 2.75) is 26.2 Å². The van der Waals surface area contributed by atoms with Gasteiger partial charge in [0.1, 0.15) is 0 Å². The van der Waals surface area contributed by atoms with Crippen molar-refractivity contribution < 1.29 is 19.1 Å². The summed E-state index contributed by atoms with van der Waals surface area (Å²) in [6.45, 7) is 6.39. The van der Waals surface area contributed by atoms with Crippen LogP contribution in [0.2, 0.25) is 0 Å². The Hall–Kier alpha value is -4.17. The molecule has 3 aromatic rings. The minimum atomic E-state index is -0.381. The highest BCUT2D eigenvalue weighted by atomic mass is 32.1. The van der Waals surface area contributed by atoms with E-state index >= 15 is 0 Å². The summed E-state index contributed by atoms with van der Waals surface area (Å²) in [5.74, 6) is 0.606. The molecule has 3 rings (SSSR count). The van der Waals surface area contributed by atoms with E-state index in [1.54, 1.807) is 56.7 Å². The fraction of sp³-hybridized carbons (Fsp3) is 0.207. The van der Waals surface area contributed by atoms with Crippen LogP contribution in [0.1, 0.15) is 42.3 Å². The van der Waals surface area contributed by atoms with E-state index in [1.165, 1.54) is 11.6 Å². The maximum atomic E-state index is 12.6. The predicted octanol–water partition coefficient (Wildman–Crippen LogP) is 5.78. The van der Waals surface area contributed by atoms with Crippen molar-refractivity contribution in [3.63, 3.8) is 0 Å². The van der Waals surface area contributed by atoms with Gasteiger partial charge in [-0.1, -0.05) is 39.0 Å². The van der Waals surface area contributed by atoms with E-state index in [1.807, 2.05) is 30.3 Å². The SMILES string of the molecule is COc1ccc(/C=C/C(=O)NC(=S)Nc2ccc(NC(=O)c3ccc(C(C)(C)C)cc3)cc2)cc1OC. The highest BCUT2D eigenvalue weighted by molar-refractivity contribution is 7.80. The van der Waals surface area contributed by atoms with Crippen LogP contribution < -0.4 is 25.4 Å². The molecule has 0 bridgehead atoms. The zero-order valence-electron chi connectivity index (χ0n) is 21.5. The fourth-order valence-corrected chi connectivity index (χ4v) is 3.62. The number of anilines is 2. The van der Waals surface area contributed by atoms with Crippen molar-refractivity contribution >= 4 is 46.6 Å². The summed E-state index contributed by atoms with van der Waals surface area (Å²) in [7, 11) is 3.11. The molecule has 0 aliphatic heterocycles. The maximum absolute atomic E-state index is 12.6. The van der Waals surface area contributed by atoms with Crippen LogP contribution >= 0.6 is 12.2 Å². The molecule has 8 heteroatoms. The number of amides is 2. The molecule has 3 N–H and O–H groups in total. The molecule has 2 amide bonds. The Kier molecular flexibility index (Phi) is 9.03. The number of nitrogens with one attached hydrogen (secondary N) is 3. The fourth-order valence-electron chi connectivity index (χ4n) is 3.41. The summed E-state index contributed by atoms with van der Waals surface area (Å²) >= 11 is 5.24. The monoisotopic (exact) mass is 517 g/mol. The van der Waals surface area contributed by atoms with Crippen LogP contribution in [0.25, 0.3) is 6.08 Å². The molecule has 0 aromatic heterocycles. The number of rotatable bonds is 7. The molecular formula is C29H31N3O4S. The van der Waals surface area contributed by atoms with Crippen molar-refractivity contribution in [1.29, 1.82) is 0 Å². The van der Waals surface area contributed by atoms with Crippen LogP contribution in [-0.2, 0) is 10.2 Å². The maximum Gasteiger partial charge on any atom is 0.255 e.